The highest BCUT2D eigenvalue weighted by Crippen LogP contribution is 2.29. The van der Waals surface area contributed by atoms with Crippen LogP contribution in [0.5, 0.6) is 0 Å². The maximum atomic E-state index is 12.1. The van der Waals surface area contributed by atoms with Gasteiger partial charge in [0, 0.05) is 6.04 Å². The van der Waals surface area contributed by atoms with Gasteiger partial charge in [-0.3, -0.25) is 4.79 Å². The normalized spacial score (nSPS) is 22.9. The molecule has 1 amide bonds. The molecule has 1 aromatic carbocycles. The van der Waals surface area contributed by atoms with Gasteiger partial charge in [0.15, 0.2) is 6.61 Å². The van der Waals surface area contributed by atoms with Gasteiger partial charge >= 0.3 is 5.97 Å². The zero-order valence-electron chi connectivity index (χ0n) is 16.3. The van der Waals surface area contributed by atoms with Gasteiger partial charge in [-0.1, -0.05) is 38.8 Å². The predicted octanol–water partition coefficient (Wildman–Crippen LogP) is 3.71. The van der Waals surface area contributed by atoms with Gasteiger partial charge in [0.25, 0.3) is 5.91 Å². The van der Waals surface area contributed by atoms with Crippen molar-refractivity contribution in [3.8, 4) is 0 Å². The Morgan fingerprint density at radius 2 is 1.85 bits per heavy atom. The molecule has 0 unspecified atom stereocenters. The summed E-state index contributed by atoms with van der Waals surface area (Å²) in [4.78, 5) is 24.2. The average Bonchev–Trinajstić information content (AvgIpc) is 2.62. The lowest BCUT2D eigenvalue weighted by Crippen LogP contribution is -2.45. The van der Waals surface area contributed by atoms with E-state index in [1.165, 1.54) is 6.42 Å². The van der Waals surface area contributed by atoms with E-state index < -0.39 is 5.97 Å². The maximum Gasteiger partial charge on any atom is 0.338 e. The monoisotopic (exact) mass is 361 g/mol. The Morgan fingerprint density at radius 3 is 2.50 bits per heavy atom. The molecule has 1 saturated carbocycles. The zero-order valence-corrected chi connectivity index (χ0v) is 16.3. The van der Waals surface area contributed by atoms with Crippen LogP contribution in [-0.2, 0) is 20.9 Å². The Morgan fingerprint density at radius 1 is 1.15 bits per heavy atom. The first-order valence-corrected chi connectivity index (χ1v) is 9.54. The Kier molecular flexibility index (Phi) is 7.64. The van der Waals surface area contributed by atoms with Crippen LogP contribution in [0.15, 0.2) is 24.3 Å². The standard InChI is InChI=1S/C21H31NO4/c1-14(2)25-12-17-8-10-18(11-9-17)21(24)26-13-20(23)22-19-7-5-6-15(3)16(19)4/h8-11,14-16,19H,5-7,12-13H2,1-4H3,(H,22,23)/t15-,16+,19-/m0/s1. The van der Waals surface area contributed by atoms with Crippen molar-refractivity contribution in [3.63, 3.8) is 0 Å². The molecule has 5 heteroatoms. The van der Waals surface area contributed by atoms with Gasteiger partial charge in [-0.2, -0.15) is 0 Å². The number of carbonyl (C=O) groups excluding carboxylic acids is 2. The fourth-order valence-corrected chi connectivity index (χ4v) is 3.25. The lowest BCUT2D eigenvalue weighted by atomic mass is 9.78. The molecule has 1 aliphatic carbocycles. The Balaban J connectivity index is 1.77. The number of hydrogen-bond donors (Lipinski definition) is 1. The summed E-state index contributed by atoms with van der Waals surface area (Å²) in [6, 6.07) is 7.24. The van der Waals surface area contributed by atoms with Crippen molar-refractivity contribution in [1.29, 1.82) is 0 Å². The summed E-state index contributed by atoms with van der Waals surface area (Å²) in [5.41, 5.74) is 1.43. The molecule has 1 aliphatic rings. The third-order valence-corrected chi connectivity index (χ3v) is 5.16. The van der Waals surface area contributed by atoms with Crippen LogP contribution in [0.25, 0.3) is 0 Å². The molecular weight excluding hydrogens is 330 g/mol. The summed E-state index contributed by atoms with van der Waals surface area (Å²) in [5, 5.41) is 3.01. The number of benzene rings is 1. The van der Waals surface area contributed by atoms with E-state index in [1.54, 1.807) is 12.1 Å². The molecule has 0 aliphatic heterocycles. The molecule has 0 spiro atoms. The minimum Gasteiger partial charge on any atom is -0.452 e. The van der Waals surface area contributed by atoms with Crippen LogP contribution in [0.3, 0.4) is 0 Å². The number of amides is 1. The fraction of sp³-hybridized carbons (Fsp3) is 0.619. The molecule has 0 bridgehead atoms. The Hall–Kier alpha value is -1.88. The van der Waals surface area contributed by atoms with Crippen LogP contribution in [-0.4, -0.2) is 30.6 Å². The SMILES string of the molecule is CC(C)OCc1ccc(C(=O)OCC(=O)N[C@H]2CCC[C@H](C)[C@H]2C)cc1. The molecule has 1 fully saturated rings. The largest absolute Gasteiger partial charge is 0.452 e. The third-order valence-electron chi connectivity index (χ3n) is 5.16. The molecule has 0 aromatic heterocycles. The zero-order chi connectivity index (χ0) is 19.1. The lowest BCUT2D eigenvalue weighted by Gasteiger charge is -2.34. The van der Waals surface area contributed by atoms with E-state index in [1.807, 2.05) is 26.0 Å². The summed E-state index contributed by atoms with van der Waals surface area (Å²) in [7, 11) is 0. The minimum absolute atomic E-state index is 0.160. The molecule has 0 radical (unpaired) electrons. The van der Waals surface area contributed by atoms with E-state index in [0.717, 1.165) is 18.4 Å². The number of carbonyl (C=O) groups is 2. The molecule has 1 N–H and O–H groups in total. The number of hydrogen-bond acceptors (Lipinski definition) is 4. The minimum atomic E-state index is -0.485. The fourth-order valence-electron chi connectivity index (χ4n) is 3.25. The van der Waals surface area contributed by atoms with Crippen LogP contribution < -0.4 is 5.32 Å². The first-order valence-electron chi connectivity index (χ1n) is 9.54. The molecule has 26 heavy (non-hydrogen) atoms. The van der Waals surface area contributed by atoms with Crippen molar-refractivity contribution in [1.82, 2.24) is 5.32 Å². The number of nitrogens with one attached hydrogen (secondary N) is 1. The van der Waals surface area contributed by atoms with Crippen molar-refractivity contribution < 1.29 is 19.1 Å². The van der Waals surface area contributed by atoms with Crippen molar-refractivity contribution in [2.24, 2.45) is 11.8 Å². The highest BCUT2D eigenvalue weighted by molar-refractivity contribution is 5.91. The average molecular weight is 361 g/mol. The van der Waals surface area contributed by atoms with Crippen LogP contribution in [0.1, 0.15) is 62.9 Å². The van der Waals surface area contributed by atoms with Crippen LogP contribution in [0.4, 0.5) is 0 Å². The molecule has 5 nitrogen and oxygen atoms in total. The van der Waals surface area contributed by atoms with E-state index in [9.17, 15) is 9.59 Å². The van der Waals surface area contributed by atoms with Gasteiger partial charge in [0.1, 0.15) is 0 Å². The van der Waals surface area contributed by atoms with E-state index in [0.29, 0.717) is 24.0 Å². The number of ether oxygens (including phenoxy) is 2. The van der Waals surface area contributed by atoms with E-state index in [-0.39, 0.29) is 24.7 Å². The molecule has 0 saturated heterocycles. The second kappa shape index (κ2) is 9.72. The number of esters is 1. The molecular formula is C21H31NO4. The van der Waals surface area contributed by atoms with Crippen molar-refractivity contribution in [2.75, 3.05) is 6.61 Å². The van der Waals surface area contributed by atoms with Crippen molar-refractivity contribution in [3.05, 3.63) is 35.4 Å². The van der Waals surface area contributed by atoms with Gasteiger partial charge in [-0.05, 0) is 49.8 Å². The summed E-state index contributed by atoms with van der Waals surface area (Å²) < 4.78 is 10.7. The summed E-state index contributed by atoms with van der Waals surface area (Å²) >= 11 is 0. The Labute approximate surface area is 156 Å². The third kappa shape index (κ3) is 6.13. The van der Waals surface area contributed by atoms with Gasteiger partial charge in [-0.15, -0.1) is 0 Å². The van der Waals surface area contributed by atoms with Crippen LogP contribution >= 0.6 is 0 Å². The summed E-state index contributed by atoms with van der Waals surface area (Å²) in [6.07, 6.45) is 3.49. The smallest absolute Gasteiger partial charge is 0.338 e. The first kappa shape index (κ1) is 20.4. The van der Waals surface area contributed by atoms with Crippen LogP contribution in [0, 0.1) is 11.8 Å². The second-order valence-corrected chi connectivity index (χ2v) is 7.57. The second-order valence-electron chi connectivity index (χ2n) is 7.57. The number of rotatable bonds is 7. The molecule has 0 heterocycles. The summed E-state index contributed by atoms with van der Waals surface area (Å²) in [6.45, 7) is 8.61. The van der Waals surface area contributed by atoms with E-state index >= 15 is 0 Å². The highest BCUT2D eigenvalue weighted by Gasteiger charge is 2.28. The van der Waals surface area contributed by atoms with Gasteiger partial charge in [0.05, 0.1) is 18.3 Å². The quantitative estimate of drug-likeness (QED) is 0.752. The van der Waals surface area contributed by atoms with Crippen molar-refractivity contribution in [2.45, 2.75) is 65.7 Å². The topological polar surface area (TPSA) is 64.6 Å². The molecule has 1 aromatic rings. The van der Waals surface area contributed by atoms with Crippen LogP contribution in [0.2, 0.25) is 0 Å². The molecule has 3 atom stereocenters. The van der Waals surface area contributed by atoms with Gasteiger partial charge < -0.3 is 14.8 Å². The first-order chi connectivity index (χ1) is 12.4. The predicted molar refractivity (Wildman–Crippen MR) is 101 cm³/mol. The van der Waals surface area contributed by atoms with Gasteiger partial charge in [-0.25, -0.2) is 4.79 Å². The lowest BCUT2D eigenvalue weighted by molar-refractivity contribution is -0.125. The Bertz CT molecular complexity index is 597. The van der Waals surface area contributed by atoms with E-state index in [2.05, 4.69) is 19.2 Å². The van der Waals surface area contributed by atoms with E-state index in [4.69, 9.17) is 9.47 Å². The highest BCUT2D eigenvalue weighted by atomic mass is 16.5. The maximum absolute atomic E-state index is 12.1. The van der Waals surface area contributed by atoms with Gasteiger partial charge in [0.2, 0.25) is 0 Å². The van der Waals surface area contributed by atoms with Crippen molar-refractivity contribution >= 4 is 11.9 Å². The summed E-state index contributed by atoms with van der Waals surface area (Å²) in [5.74, 6) is 0.339. The molecule has 144 valence electrons. The molecule has 2 rings (SSSR count).